The molecule has 4 heteroatoms. The fourth-order valence-corrected chi connectivity index (χ4v) is 1.04. The predicted molar refractivity (Wildman–Crippen MR) is 44.4 cm³/mol. The summed E-state index contributed by atoms with van der Waals surface area (Å²) in [5, 5.41) is 8.70. The summed E-state index contributed by atoms with van der Waals surface area (Å²) in [6.07, 6.45) is 0.484. The minimum Gasteiger partial charge on any atom is -0.481 e. The lowest BCUT2D eigenvalue weighted by atomic mass is 9.91. The van der Waals surface area contributed by atoms with Crippen molar-refractivity contribution in [2.75, 3.05) is 0 Å². The van der Waals surface area contributed by atoms with E-state index in [0.29, 0.717) is 6.42 Å². The van der Waals surface area contributed by atoms with Crippen molar-refractivity contribution in [2.24, 2.45) is 17.6 Å². The van der Waals surface area contributed by atoms with E-state index in [4.69, 9.17) is 10.8 Å². The number of hydrogen-bond acceptors (Lipinski definition) is 2. The highest BCUT2D eigenvalue weighted by Crippen LogP contribution is 2.16. The Morgan fingerprint density at radius 1 is 1.42 bits per heavy atom. The van der Waals surface area contributed by atoms with Crippen molar-refractivity contribution in [3.8, 4) is 0 Å². The van der Waals surface area contributed by atoms with Crippen LogP contribution in [0.15, 0.2) is 0 Å². The molecule has 12 heavy (non-hydrogen) atoms. The maximum Gasteiger partial charge on any atom is 0.306 e. The molecule has 0 aromatic rings. The summed E-state index contributed by atoms with van der Waals surface area (Å²) in [6.45, 7) is 3.64. The normalized spacial score (nSPS) is 12.9. The maximum absolute atomic E-state index is 10.6. The molecule has 70 valence electrons. The van der Waals surface area contributed by atoms with E-state index in [-0.39, 0.29) is 12.3 Å². The third-order valence-corrected chi connectivity index (χ3v) is 1.82. The number of carbonyl (C=O) groups is 2. The zero-order valence-electron chi connectivity index (χ0n) is 7.41. The summed E-state index contributed by atoms with van der Waals surface area (Å²) in [5.41, 5.74) is 4.91. The number of carboxylic acids is 1. The second kappa shape index (κ2) is 4.74. The van der Waals surface area contributed by atoms with Crippen molar-refractivity contribution >= 4 is 11.9 Å². The zero-order chi connectivity index (χ0) is 9.72. The second-order valence-electron chi connectivity index (χ2n) is 3.19. The fraction of sp³-hybridized carbons (Fsp3) is 0.750. The van der Waals surface area contributed by atoms with Crippen LogP contribution in [0.5, 0.6) is 0 Å². The molecule has 0 rings (SSSR count). The molecule has 1 atom stereocenters. The van der Waals surface area contributed by atoms with Gasteiger partial charge in [0, 0.05) is 6.42 Å². The van der Waals surface area contributed by atoms with Crippen LogP contribution < -0.4 is 5.73 Å². The molecule has 4 nitrogen and oxygen atoms in total. The third-order valence-electron chi connectivity index (χ3n) is 1.82. The van der Waals surface area contributed by atoms with Gasteiger partial charge in [-0.2, -0.15) is 0 Å². The van der Waals surface area contributed by atoms with E-state index in [1.54, 1.807) is 0 Å². The van der Waals surface area contributed by atoms with Gasteiger partial charge in [-0.05, 0) is 12.3 Å². The molecule has 0 radical (unpaired) electrons. The van der Waals surface area contributed by atoms with E-state index >= 15 is 0 Å². The first kappa shape index (κ1) is 10.9. The molecule has 0 aliphatic heterocycles. The first-order chi connectivity index (χ1) is 5.45. The molecular weight excluding hydrogens is 158 g/mol. The molecule has 0 fully saturated rings. The van der Waals surface area contributed by atoms with Crippen LogP contribution in [0.25, 0.3) is 0 Å². The van der Waals surface area contributed by atoms with Crippen LogP contribution in [0.3, 0.4) is 0 Å². The van der Waals surface area contributed by atoms with Gasteiger partial charge in [0.1, 0.15) is 0 Å². The molecule has 0 unspecified atom stereocenters. The highest BCUT2D eigenvalue weighted by Gasteiger charge is 2.21. The van der Waals surface area contributed by atoms with Crippen molar-refractivity contribution in [1.29, 1.82) is 0 Å². The lowest BCUT2D eigenvalue weighted by molar-refractivity contribution is -0.143. The first-order valence-corrected chi connectivity index (χ1v) is 3.96. The van der Waals surface area contributed by atoms with Crippen LogP contribution in [0.4, 0.5) is 0 Å². The van der Waals surface area contributed by atoms with Crippen LogP contribution in [0.2, 0.25) is 0 Å². The number of primary amides is 1. The van der Waals surface area contributed by atoms with Crippen LogP contribution >= 0.6 is 0 Å². The Morgan fingerprint density at radius 2 is 1.92 bits per heavy atom. The Bertz CT molecular complexity index is 177. The van der Waals surface area contributed by atoms with Gasteiger partial charge in [0.15, 0.2) is 0 Å². The van der Waals surface area contributed by atoms with Crippen LogP contribution in [-0.2, 0) is 9.59 Å². The molecule has 1 amide bonds. The molecule has 0 heterocycles. The Labute approximate surface area is 71.8 Å². The lowest BCUT2D eigenvalue weighted by Gasteiger charge is -2.14. The predicted octanol–water partition coefficient (Wildman–Crippen LogP) is 0.609. The van der Waals surface area contributed by atoms with E-state index in [1.165, 1.54) is 0 Å². The average Bonchev–Trinajstić information content (AvgIpc) is 1.84. The van der Waals surface area contributed by atoms with Gasteiger partial charge in [-0.15, -0.1) is 0 Å². The van der Waals surface area contributed by atoms with Crippen molar-refractivity contribution in [3.05, 3.63) is 0 Å². The van der Waals surface area contributed by atoms with E-state index < -0.39 is 17.8 Å². The zero-order valence-corrected chi connectivity index (χ0v) is 7.41. The van der Waals surface area contributed by atoms with Gasteiger partial charge in [0.05, 0.1) is 5.92 Å². The van der Waals surface area contributed by atoms with E-state index in [1.807, 2.05) is 13.8 Å². The minimum absolute atomic E-state index is 0.0434. The van der Waals surface area contributed by atoms with Crippen LogP contribution in [-0.4, -0.2) is 17.0 Å². The largest absolute Gasteiger partial charge is 0.481 e. The number of aliphatic carboxylic acids is 1. The number of rotatable bonds is 5. The smallest absolute Gasteiger partial charge is 0.306 e. The molecule has 0 aromatic heterocycles. The molecule has 0 saturated carbocycles. The van der Waals surface area contributed by atoms with E-state index in [9.17, 15) is 9.59 Å². The summed E-state index contributed by atoms with van der Waals surface area (Å²) in [7, 11) is 0. The van der Waals surface area contributed by atoms with Gasteiger partial charge in [0.25, 0.3) is 0 Å². The SMILES string of the molecule is CC(C)[C@@H](CCC(N)=O)C(=O)O. The maximum atomic E-state index is 10.6. The van der Waals surface area contributed by atoms with Crippen molar-refractivity contribution in [1.82, 2.24) is 0 Å². The molecule has 3 N–H and O–H groups in total. The standard InChI is InChI=1S/C8H15NO3/c1-5(2)6(8(11)12)3-4-7(9)10/h5-6H,3-4H2,1-2H3,(H2,9,10)(H,11,12)/t6-/m1/s1. The highest BCUT2D eigenvalue weighted by molar-refractivity contribution is 5.75. The molecule has 0 bridgehead atoms. The van der Waals surface area contributed by atoms with E-state index in [2.05, 4.69) is 0 Å². The second-order valence-corrected chi connectivity index (χ2v) is 3.19. The first-order valence-electron chi connectivity index (χ1n) is 3.96. The van der Waals surface area contributed by atoms with Crippen LogP contribution in [0.1, 0.15) is 26.7 Å². The van der Waals surface area contributed by atoms with Gasteiger partial charge in [0.2, 0.25) is 5.91 Å². The molecule has 0 aliphatic carbocycles. The highest BCUT2D eigenvalue weighted by atomic mass is 16.4. The molecular formula is C8H15NO3. The number of carboxylic acid groups (broad SMARTS) is 1. The monoisotopic (exact) mass is 173 g/mol. The van der Waals surface area contributed by atoms with Crippen molar-refractivity contribution in [2.45, 2.75) is 26.7 Å². The van der Waals surface area contributed by atoms with Crippen molar-refractivity contribution < 1.29 is 14.7 Å². The topological polar surface area (TPSA) is 80.4 Å². The summed E-state index contributed by atoms with van der Waals surface area (Å²) < 4.78 is 0. The minimum atomic E-state index is -0.855. The Kier molecular flexibility index (Phi) is 4.33. The Morgan fingerprint density at radius 3 is 2.17 bits per heavy atom. The fourth-order valence-electron chi connectivity index (χ4n) is 1.04. The molecule has 0 saturated heterocycles. The molecule has 0 aromatic carbocycles. The number of hydrogen-bond donors (Lipinski definition) is 2. The van der Waals surface area contributed by atoms with Gasteiger partial charge in [-0.1, -0.05) is 13.8 Å². The Balaban J connectivity index is 3.97. The summed E-state index contributed by atoms with van der Waals surface area (Å²) >= 11 is 0. The summed E-state index contributed by atoms with van der Waals surface area (Å²) in [6, 6.07) is 0. The van der Waals surface area contributed by atoms with E-state index in [0.717, 1.165) is 0 Å². The van der Waals surface area contributed by atoms with Gasteiger partial charge in [-0.3, -0.25) is 9.59 Å². The van der Waals surface area contributed by atoms with Crippen molar-refractivity contribution in [3.63, 3.8) is 0 Å². The Hall–Kier alpha value is -1.06. The van der Waals surface area contributed by atoms with Gasteiger partial charge >= 0.3 is 5.97 Å². The average molecular weight is 173 g/mol. The summed E-state index contributed by atoms with van der Waals surface area (Å²) in [5.74, 6) is -1.72. The third kappa shape index (κ3) is 3.95. The quantitative estimate of drug-likeness (QED) is 0.639. The van der Waals surface area contributed by atoms with Gasteiger partial charge in [-0.25, -0.2) is 0 Å². The summed E-state index contributed by atoms with van der Waals surface area (Å²) in [4.78, 5) is 21.0. The molecule has 0 aliphatic rings. The lowest BCUT2D eigenvalue weighted by Crippen LogP contribution is -2.22. The number of nitrogens with two attached hydrogens (primary N) is 1. The van der Waals surface area contributed by atoms with Crippen LogP contribution in [0, 0.1) is 11.8 Å². The number of amides is 1. The van der Waals surface area contributed by atoms with Gasteiger partial charge < -0.3 is 10.8 Å². The number of carbonyl (C=O) groups excluding carboxylic acids is 1. The molecule has 0 spiro atoms.